The van der Waals surface area contributed by atoms with Gasteiger partial charge in [-0.3, -0.25) is 9.80 Å². The minimum atomic E-state index is -0.261. The smallest absolute Gasteiger partial charge is 0.130 e. The van der Waals surface area contributed by atoms with Crippen LogP contribution in [-0.2, 0) is 13.1 Å². The Bertz CT molecular complexity index is 1500. The van der Waals surface area contributed by atoms with Gasteiger partial charge in [0.15, 0.2) is 0 Å². The SMILES string of the molecule is COc1cc(OC)c(CN([C@H](C)CCC[C@@H](C)N(Cc2c(OC)cc(OC)cc2OC)[C@@H](CO)c2ccccc2)[C@@H](CO)c2ccccc2)c(OC)c1. The molecule has 4 aromatic rings. The summed E-state index contributed by atoms with van der Waals surface area (Å²) >= 11 is 0. The van der Waals surface area contributed by atoms with E-state index in [2.05, 4.69) is 47.9 Å². The number of hydrogen-bond donors (Lipinski definition) is 2. The Balaban J connectivity index is 1.64. The number of rotatable bonds is 22. The Morgan fingerprint density at radius 1 is 0.491 bits per heavy atom. The van der Waals surface area contributed by atoms with Gasteiger partial charge in [-0.2, -0.15) is 0 Å². The summed E-state index contributed by atoms with van der Waals surface area (Å²) < 4.78 is 34.4. The summed E-state index contributed by atoms with van der Waals surface area (Å²) in [5.74, 6) is 3.92. The molecule has 0 heterocycles. The standard InChI is InChI=1S/C43H58N2O8/c1-30(44(38(28-46)32-18-11-9-12-19-32)26-36-40(50-5)22-34(48-3)23-41(36)51-6)16-15-17-31(2)45(39(29-47)33-20-13-10-14-21-33)27-37-42(52-7)24-35(49-4)25-43(37)53-8/h9-14,18-25,30-31,38-39,46-47H,15-17,26-29H2,1-8H3/t30-,31-,38+,39+/m1/s1. The highest BCUT2D eigenvalue weighted by molar-refractivity contribution is 5.52. The number of ether oxygens (including phenoxy) is 6. The van der Waals surface area contributed by atoms with Crippen LogP contribution in [0.1, 0.15) is 67.4 Å². The summed E-state index contributed by atoms with van der Waals surface area (Å²) in [5, 5.41) is 21.7. The van der Waals surface area contributed by atoms with Crippen LogP contribution in [0.5, 0.6) is 34.5 Å². The maximum absolute atomic E-state index is 10.9. The number of methoxy groups -OCH3 is 6. The molecule has 0 saturated heterocycles. The molecule has 4 rings (SSSR count). The molecule has 10 heteroatoms. The molecule has 288 valence electrons. The molecule has 4 atom stereocenters. The molecule has 0 aliphatic rings. The van der Waals surface area contributed by atoms with E-state index in [9.17, 15) is 10.2 Å². The zero-order chi connectivity index (χ0) is 38.3. The Morgan fingerprint density at radius 3 is 1.08 bits per heavy atom. The van der Waals surface area contributed by atoms with Crippen LogP contribution in [0.2, 0.25) is 0 Å². The van der Waals surface area contributed by atoms with Gasteiger partial charge in [-0.1, -0.05) is 67.1 Å². The Hall–Kier alpha value is -4.48. The van der Waals surface area contributed by atoms with Crippen molar-refractivity contribution < 1.29 is 38.6 Å². The largest absolute Gasteiger partial charge is 0.496 e. The summed E-state index contributed by atoms with van der Waals surface area (Å²) in [5.41, 5.74) is 3.83. The third kappa shape index (κ3) is 10.4. The predicted molar refractivity (Wildman–Crippen MR) is 209 cm³/mol. The fourth-order valence-corrected chi connectivity index (χ4v) is 7.17. The zero-order valence-corrected chi connectivity index (χ0v) is 32.6. The molecular formula is C43H58N2O8. The lowest BCUT2D eigenvalue weighted by molar-refractivity contribution is 0.0639. The number of benzene rings is 4. The molecule has 0 aliphatic heterocycles. The molecule has 0 fully saturated rings. The molecule has 0 radical (unpaired) electrons. The quantitative estimate of drug-likeness (QED) is 0.0848. The van der Waals surface area contributed by atoms with Crippen molar-refractivity contribution in [3.8, 4) is 34.5 Å². The fraction of sp³-hybridized carbons (Fsp3) is 0.442. The van der Waals surface area contributed by atoms with Gasteiger partial charge in [0, 0.05) is 49.4 Å². The normalized spacial score (nSPS) is 13.7. The Labute approximate surface area is 315 Å². The second kappa shape index (κ2) is 20.7. The maximum atomic E-state index is 10.9. The van der Waals surface area contributed by atoms with Crippen molar-refractivity contribution in [2.45, 2.75) is 70.4 Å². The third-order valence-electron chi connectivity index (χ3n) is 10.2. The monoisotopic (exact) mass is 730 g/mol. The maximum Gasteiger partial charge on any atom is 0.130 e. The van der Waals surface area contributed by atoms with E-state index < -0.39 is 0 Å². The first-order chi connectivity index (χ1) is 25.8. The van der Waals surface area contributed by atoms with E-state index in [1.165, 1.54) is 0 Å². The van der Waals surface area contributed by atoms with Crippen LogP contribution in [0.15, 0.2) is 84.9 Å². The average Bonchev–Trinajstić information content (AvgIpc) is 3.20. The summed E-state index contributed by atoms with van der Waals surface area (Å²) in [6.45, 7) is 5.28. The van der Waals surface area contributed by atoms with Crippen molar-refractivity contribution in [3.63, 3.8) is 0 Å². The lowest BCUT2D eigenvalue weighted by atomic mass is 9.97. The van der Waals surface area contributed by atoms with E-state index in [1.54, 1.807) is 42.7 Å². The molecule has 0 bridgehead atoms. The van der Waals surface area contributed by atoms with E-state index in [-0.39, 0.29) is 37.4 Å². The molecule has 2 N–H and O–H groups in total. The fourth-order valence-electron chi connectivity index (χ4n) is 7.17. The van der Waals surface area contributed by atoms with Crippen LogP contribution in [0.3, 0.4) is 0 Å². The summed E-state index contributed by atoms with van der Waals surface area (Å²) in [6.07, 6.45) is 2.60. The molecule has 0 amide bonds. The average molecular weight is 731 g/mol. The molecule has 0 spiro atoms. The third-order valence-corrected chi connectivity index (χ3v) is 10.2. The Morgan fingerprint density at radius 2 is 0.811 bits per heavy atom. The Kier molecular flexibility index (Phi) is 16.1. The van der Waals surface area contributed by atoms with Gasteiger partial charge in [-0.15, -0.1) is 0 Å². The van der Waals surface area contributed by atoms with Gasteiger partial charge in [0.05, 0.1) is 79.1 Å². The highest BCUT2D eigenvalue weighted by Gasteiger charge is 2.30. The minimum Gasteiger partial charge on any atom is -0.496 e. The first kappa shape index (κ1) is 41.3. The molecule has 53 heavy (non-hydrogen) atoms. The number of hydrogen-bond acceptors (Lipinski definition) is 10. The molecule has 0 unspecified atom stereocenters. The number of aliphatic hydroxyl groups is 2. The number of aliphatic hydroxyl groups excluding tert-OH is 2. The van der Waals surface area contributed by atoms with Gasteiger partial charge in [-0.25, -0.2) is 0 Å². The molecule has 10 nitrogen and oxygen atoms in total. The van der Waals surface area contributed by atoms with E-state index in [4.69, 9.17) is 28.4 Å². The van der Waals surface area contributed by atoms with Crippen LogP contribution in [0, 0.1) is 0 Å². The van der Waals surface area contributed by atoms with Gasteiger partial charge in [0.25, 0.3) is 0 Å². The molecule has 0 aliphatic carbocycles. The van der Waals surface area contributed by atoms with Crippen molar-refractivity contribution in [2.24, 2.45) is 0 Å². The molecule has 4 aromatic carbocycles. The second-order valence-electron chi connectivity index (χ2n) is 13.2. The first-order valence-electron chi connectivity index (χ1n) is 18.2. The molecule has 0 aromatic heterocycles. The molecule has 0 saturated carbocycles. The van der Waals surface area contributed by atoms with Crippen LogP contribution >= 0.6 is 0 Å². The highest BCUT2D eigenvalue weighted by atomic mass is 16.5. The van der Waals surface area contributed by atoms with E-state index >= 15 is 0 Å². The lowest BCUT2D eigenvalue weighted by Crippen LogP contribution is -2.39. The van der Waals surface area contributed by atoms with Crippen LogP contribution in [0.4, 0.5) is 0 Å². The van der Waals surface area contributed by atoms with Crippen molar-refractivity contribution in [2.75, 3.05) is 55.9 Å². The van der Waals surface area contributed by atoms with Gasteiger partial charge in [-0.05, 0) is 37.8 Å². The van der Waals surface area contributed by atoms with Crippen LogP contribution in [0.25, 0.3) is 0 Å². The summed E-state index contributed by atoms with van der Waals surface area (Å²) in [4.78, 5) is 4.66. The minimum absolute atomic E-state index is 0.0555. The van der Waals surface area contributed by atoms with Crippen molar-refractivity contribution in [3.05, 3.63) is 107 Å². The topological polar surface area (TPSA) is 102 Å². The summed E-state index contributed by atoms with van der Waals surface area (Å²) in [6, 6.07) is 27.3. The van der Waals surface area contributed by atoms with Crippen LogP contribution < -0.4 is 28.4 Å². The van der Waals surface area contributed by atoms with Crippen LogP contribution in [-0.4, -0.2) is 88.0 Å². The zero-order valence-electron chi connectivity index (χ0n) is 32.6. The number of nitrogens with zero attached hydrogens (tertiary/aromatic N) is 2. The highest BCUT2D eigenvalue weighted by Crippen LogP contribution is 2.40. The van der Waals surface area contributed by atoms with E-state index in [1.807, 2.05) is 60.7 Å². The van der Waals surface area contributed by atoms with E-state index in [0.717, 1.165) is 41.5 Å². The second-order valence-corrected chi connectivity index (χ2v) is 13.2. The van der Waals surface area contributed by atoms with E-state index in [0.29, 0.717) is 47.6 Å². The van der Waals surface area contributed by atoms with Gasteiger partial charge in [0.2, 0.25) is 0 Å². The van der Waals surface area contributed by atoms with Crippen molar-refractivity contribution >= 4 is 0 Å². The first-order valence-corrected chi connectivity index (χ1v) is 18.2. The van der Waals surface area contributed by atoms with Gasteiger partial charge >= 0.3 is 0 Å². The predicted octanol–water partition coefficient (Wildman–Crippen LogP) is 7.46. The van der Waals surface area contributed by atoms with Crippen molar-refractivity contribution in [1.29, 1.82) is 0 Å². The van der Waals surface area contributed by atoms with Gasteiger partial charge < -0.3 is 38.6 Å². The molecular weight excluding hydrogens is 672 g/mol. The van der Waals surface area contributed by atoms with Crippen molar-refractivity contribution in [1.82, 2.24) is 9.80 Å². The van der Waals surface area contributed by atoms with Gasteiger partial charge in [0.1, 0.15) is 34.5 Å². The summed E-state index contributed by atoms with van der Waals surface area (Å²) in [7, 11) is 9.82. The lowest BCUT2D eigenvalue weighted by Gasteiger charge is -2.38.